The van der Waals surface area contributed by atoms with Crippen LogP contribution >= 0.6 is 0 Å². The van der Waals surface area contributed by atoms with Gasteiger partial charge in [0, 0.05) is 13.2 Å². The molecule has 0 saturated heterocycles. The molecule has 0 radical (unpaired) electrons. The van der Waals surface area contributed by atoms with E-state index < -0.39 is 0 Å². The monoisotopic (exact) mass is 244 g/mol. The van der Waals surface area contributed by atoms with Crippen LogP contribution in [0.2, 0.25) is 0 Å². The molecule has 0 amide bonds. The highest BCUT2D eigenvalue weighted by Crippen LogP contribution is 2.11. The van der Waals surface area contributed by atoms with Crippen LogP contribution in [0.15, 0.2) is 35.1 Å². The topological polar surface area (TPSA) is 75.7 Å². The van der Waals surface area contributed by atoms with Crippen LogP contribution in [0, 0.1) is 0 Å². The number of aromatic amines is 2. The second-order valence-electron chi connectivity index (χ2n) is 3.97. The number of aromatic nitrogens is 4. The summed E-state index contributed by atoms with van der Waals surface area (Å²) in [6.45, 7) is 0.364. The van der Waals surface area contributed by atoms with E-state index in [1.54, 1.807) is 7.11 Å². The highest BCUT2D eigenvalue weighted by molar-refractivity contribution is 5.75. The number of benzene rings is 1. The molecule has 0 fully saturated rings. The van der Waals surface area contributed by atoms with Crippen molar-refractivity contribution in [2.45, 2.75) is 6.61 Å². The molecule has 0 atom stereocenters. The van der Waals surface area contributed by atoms with Gasteiger partial charge in [-0.25, -0.2) is 4.98 Å². The van der Waals surface area contributed by atoms with Crippen molar-refractivity contribution in [3.05, 3.63) is 46.4 Å². The summed E-state index contributed by atoms with van der Waals surface area (Å²) in [6.07, 6.45) is 0. The van der Waals surface area contributed by atoms with E-state index in [1.165, 1.54) is 10.7 Å². The highest BCUT2D eigenvalue weighted by Gasteiger charge is 2.09. The van der Waals surface area contributed by atoms with E-state index in [1.807, 2.05) is 24.3 Å². The number of nitrogens with zero attached hydrogens (tertiary/aromatic N) is 2. The molecular formula is C12H12N4O2. The number of para-hydroxylation sites is 2. The maximum Gasteiger partial charge on any atom is 0.274 e. The Bertz CT molecular complexity index is 705. The lowest BCUT2D eigenvalue weighted by atomic mass is 10.3. The van der Waals surface area contributed by atoms with Crippen LogP contribution in [0.1, 0.15) is 5.69 Å². The molecule has 0 aliphatic rings. The summed E-state index contributed by atoms with van der Waals surface area (Å²) in [4.78, 5) is 19.2. The molecule has 92 valence electrons. The molecule has 2 heterocycles. The number of hydrogen-bond donors (Lipinski definition) is 2. The average molecular weight is 244 g/mol. The van der Waals surface area contributed by atoms with Crippen LogP contribution < -0.4 is 5.56 Å². The Hall–Kier alpha value is -2.34. The summed E-state index contributed by atoms with van der Waals surface area (Å²) < 4.78 is 6.35. The van der Waals surface area contributed by atoms with E-state index in [2.05, 4.69) is 15.1 Å². The molecule has 0 spiro atoms. The van der Waals surface area contributed by atoms with E-state index in [0.717, 1.165) is 11.0 Å². The molecule has 6 nitrogen and oxygen atoms in total. The zero-order valence-corrected chi connectivity index (χ0v) is 9.80. The molecule has 3 aromatic rings. The highest BCUT2D eigenvalue weighted by atomic mass is 16.5. The molecule has 2 N–H and O–H groups in total. The van der Waals surface area contributed by atoms with E-state index in [4.69, 9.17) is 4.74 Å². The lowest BCUT2D eigenvalue weighted by Crippen LogP contribution is -2.14. The number of nitrogens with one attached hydrogen (secondary N) is 2. The number of ether oxygens (including phenoxy) is 1. The SMILES string of the molecule is COCc1cc(=O)n(-c2nc3ccccc3[nH]2)[nH]1. The van der Waals surface area contributed by atoms with Crippen molar-refractivity contribution >= 4 is 11.0 Å². The summed E-state index contributed by atoms with van der Waals surface area (Å²) in [5.74, 6) is 0.476. The Morgan fingerprint density at radius 2 is 2.22 bits per heavy atom. The standard InChI is InChI=1S/C12H12N4O2/c1-18-7-8-6-11(17)16(15-8)12-13-9-4-2-3-5-10(9)14-12/h2-6,15H,7H2,1H3,(H,13,14). The summed E-state index contributed by atoms with van der Waals surface area (Å²) in [6, 6.07) is 9.12. The first kappa shape index (κ1) is 10.8. The van der Waals surface area contributed by atoms with Crippen LogP contribution in [-0.2, 0) is 11.3 Å². The quantitative estimate of drug-likeness (QED) is 0.726. The number of rotatable bonds is 3. The minimum atomic E-state index is -0.166. The number of H-pyrrole nitrogens is 2. The molecular weight excluding hydrogens is 232 g/mol. The van der Waals surface area contributed by atoms with Crippen molar-refractivity contribution < 1.29 is 4.74 Å². The largest absolute Gasteiger partial charge is 0.378 e. The summed E-state index contributed by atoms with van der Waals surface area (Å²) in [5.41, 5.74) is 2.26. The molecule has 3 rings (SSSR count). The van der Waals surface area contributed by atoms with E-state index in [-0.39, 0.29) is 5.56 Å². The second kappa shape index (κ2) is 4.15. The summed E-state index contributed by atoms with van der Waals surface area (Å²) >= 11 is 0. The normalized spacial score (nSPS) is 11.2. The lowest BCUT2D eigenvalue weighted by molar-refractivity contribution is 0.181. The van der Waals surface area contributed by atoms with Crippen LogP contribution in [0.3, 0.4) is 0 Å². The van der Waals surface area contributed by atoms with Gasteiger partial charge in [0.2, 0.25) is 5.95 Å². The fourth-order valence-corrected chi connectivity index (χ4v) is 1.88. The third-order valence-electron chi connectivity index (χ3n) is 2.66. The van der Waals surface area contributed by atoms with Crippen molar-refractivity contribution in [1.82, 2.24) is 19.7 Å². The summed E-state index contributed by atoms with van der Waals surface area (Å²) in [5, 5.41) is 2.95. The van der Waals surface area contributed by atoms with Gasteiger partial charge in [-0.05, 0) is 12.1 Å². The number of methoxy groups -OCH3 is 1. The van der Waals surface area contributed by atoms with Gasteiger partial charge >= 0.3 is 0 Å². The minimum Gasteiger partial charge on any atom is -0.378 e. The molecule has 0 unspecified atom stereocenters. The maximum atomic E-state index is 11.8. The molecule has 18 heavy (non-hydrogen) atoms. The third-order valence-corrected chi connectivity index (χ3v) is 2.66. The smallest absolute Gasteiger partial charge is 0.274 e. The van der Waals surface area contributed by atoms with Crippen LogP contribution in [0.5, 0.6) is 0 Å². The zero-order valence-electron chi connectivity index (χ0n) is 9.80. The van der Waals surface area contributed by atoms with Gasteiger partial charge in [-0.2, -0.15) is 4.68 Å². The number of fused-ring (bicyclic) bond motifs is 1. The van der Waals surface area contributed by atoms with Gasteiger partial charge in [0.15, 0.2) is 0 Å². The molecule has 0 aliphatic heterocycles. The Labute approximate surface area is 102 Å². The first-order valence-electron chi connectivity index (χ1n) is 5.53. The van der Waals surface area contributed by atoms with Gasteiger partial charge in [0.25, 0.3) is 5.56 Å². The fourth-order valence-electron chi connectivity index (χ4n) is 1.88. The number of hydrogen-bond acceptors (Lipinski definition) is 3. The zero-order chi connectivity index (χ0) is 12.5. The molecule has 0 aliphatic carbocycles. The molecule has 0 saturated carbocycles. The van der Waals surface area contributed by atoms with E-state index in [0.29, 0.717) is 18.2 Å². The first-order valence-corrected chi connectivity index (χ1v) is 5.53. The third kappa shape index (κ3) is 1.72. The molecule has 1 aromatic carbocycles. The molecule has 6 heteroatoms. The number of imidazole rings is 1. The van der Waals surface area contributed by atoms with Crippen molar-refractivity contribution in [2.75, 3.05) is 7.11 Å². The summed E-state index contributed by atoms with van der Waals surface area (Å²) in [7, 11) is 1.58. The minimum absolute atomic E-state index is 0.166. The lowest BCUT2D eigenvalue weighted by Gasteiger charge is -1.96. The second-order valence-corrected chi connectivity index (χ2v) is 3.97. The van der Waals surface area contributed by atoms with Gasteiger partial charge in [0.05, 0.1) is 23.3 Å². The Balaban J connectivity index is 2.11. The van der Waals surface area contributed by atoms with Crippen LogP contribution in [0.4, 0.5) is 0 Å². The molecule has 0 bridgehead atoms. The van der Waals surface area contributed by atoms with Gasteiger partial charge in [0.1, 0.15) is 0 Å². The predicted molar refractivity (Wildman–Crippen MR) is 66.8 cm³/mol. The average Bonchev–Trinajstić information content (AvgIpc) is 2.92. The maximum absolute atomic E-state index is 11.8. The molecule has 2 aromatic heterocycles. The van der Waals surface area contributed by atoms with Crippen LogP contribution in [0.25, 0.3) is 17.0 Å². The Morgan fingerprint density at radius 3 is 3.00 bits per heavy atom. The van der Waals surface area contributed by atoms with Crippen molar-refractivity contribution in [3.63, 3.8) is 0 Å². The van der Waals surface area contributed by atoms with Gasteiger partial charge in [-0.15, -0.1) is 0 Å². The van der Waals surface area contributed by atoms with Crippen molar-refractivity contribution in [1.29, 1.82) is 0 Å². The van der Waals surface area contributed by atoms with Gasteiger partial charge in [-0.1, -0.05) is 12.1 Å². The van der Waals surface area contributed by atoms with Crippen LogP contribution in [-0.4, -0.2) is 26.9 Å². The Morgan fingerprint density at radius 1 is 1.39 bits per heavy atom. The van der Waals surface area contributed by atoms with E-state index in [9.17, 15) is 4.79 Å². The predicted octanol–water partition coefficient (Wildman–Crippen LogP) is 1.19. The van der Waals surface area contributed by atoms with Crippen molar-refractivity contribution in [3.8, 4) is 5.95 Å². The Kier molecular flexibility index (Phi) is 2.49. The van der Waals surface area contributed by atoms with E-state index >= 15 is 0 Å². The van der Waals surface area contributed by atoms with Gasteiger partial charge in [-0.3, -0.25) is 9.89 Å². The van der Waals surface area contributed by atoms with Crippen molar-refractivity contribution in [2.24, 2.45) is 0 Å². The first-order chi connectivity index (χ1) is 8.78. The van der Waals surface area contributed by atoms with Gasteiger partial charge < -0.3 is 9.72 Å². The fraction of sp³-hybridized carbons (Fsp3) is 0.167.